The summed E-state index contributed by atoms with van der Waals surface area (Å²) in [5.74, 6) is 0. The summed E-state index contributed by atoms with van der Waals surface area (Å²) in [6.45, 7) is 0. The molecule has 15 aromatic rings. The van der Waals surface area contributed by atoms with Crippen molar-refractivity contribution in [1.29, 1.82) is 0 Å². The zero-order chi connectivity index (χ0) is 53.0. The second kappa shape index (κ2) is 16.8. The zero-order valence-corrected chi connectivity index (χ0v) is 39.8. The summed E-state index contributed by atoms with van der Waals surface area (Å²) < 4.78 is 49.4. The first-order valence-corrected chi connectivity index (χ1v) is 24.9. The van der Waals surface area contributed by atoms with E-state index in [1.807, 2.05) is 77.8 Å². The van der Waals surface area contributed by atoms with Crippen LogP contribution in [0.2, 0.25) is 0 Å². The van der Waals surface area contributed by atoms with Crippen LogP contribution in [0.4, 0.5) is 34.1 Å². The monoisotopic (exact) mass is 948 g/mol. The Balaban J connectivity index is 0.857. The van der Waals surface area contributed by atoms with Crippen LogP contribution in [0.25, 0.3) is 98.9 Å². The second-order valence-electron chi connectivity index (χ2n) is 18.8. The zero-order valence-electron chi connectivity index (χ0n) is 44.8. The Morgan fingerprint density at radius 2 is 0.770 bits per heavy atom. The maximum Gasteiger partial charge on any atom is 0.0701 e. The molecule has 3 heterocycles. The Bertz CT molecular complexity index is 4780. The third kappa shape index (κ3) is 6.53. The maximum atomic E-state index is 9.31. The summed E-state index contributed by atoms with van der Waals surface area (Å²) in [5, 5.41) is 8.89. The molecule has 15 rings (SSSR count). The molecule has 5 nitrogen and oxygen atoms in total. The van der Waals surface area contributed by atoms with Crippen LogP contribution in [0.3, 0.4) is 0 Å². The first-order chi connectivity index (χ1) is 38.8. The summed E-state index contributed by atoms with van der Waals surface area (Å²) in [5.41, 5.74) is 14.9. The van der Waals surface area contributed by atoms with Gasteiger partial charge in [-0.2, -0.15) is 0 Å². The van der Waals surface area contributed by atoms with Crippen molar-refractivity contribution in [3.05, 3.63) is 273 Å². The van der Waals surface area contributed by atoms with E-state index in [1.165, 1.54) is 16.2 Å². The number of nitrogens with zero attached hydrogens (tertiary/aromatic N) is 5. The lowest BCUT2D eigenvalue weighted by atomic mass is 9.99. The van der Waals surface area contributed by atoms with E-state index in [1.54, 1.807) is 0 Å². The molecule has 0 aliphatic heterocycles. The topological polar surface area (TPSA) is 29.2 Å². The Morgan fingerprint density at radius 1 is 0.324 bits per heavy atom. The predicted octanol–water partition coefficient (Wildman–Crippen LogP) is 18.7. The molecule has 346 valence electrons. The lowest BCUT2D eigenvalue weighted by molar-refractivity contribution is 1.18. The van der Waals surface area contributed by atoms with Gasteiger partial charge < -0.3 is 18.9 Å². The van der Waals surface area contributed by atoms with Crippen molar-refractivity contribution in [1.82, 2.24) is 14.1 Å². The van der Waals surface area contributed by atoms with Crippen LogP contribution in [-0.2, 0) is 0 Å². The van der Waals surface area contributed by atoms with E-state index in [4.69, 9.17) is 4.11 Å². The van der Waals surface area contributed by atoms with E-state index in [-0.39, 0.29) is 17.8 Å². The number of rotatable bonds is 10. The smallest absolute Gasteiger partial charge is 0.0701 e. The summed E-state index contributed by atoms with van der Waals surface area (Å²) in [7, 11) is 0. The molecule has 0 radical (unpaired) electrons. The number of benzene rings is 12. The standard InChI is InChI=1S/C69H45N5/c1-4-16-51(17-5-1)71(60-41-43-64-68-57(60)39-31-49-14-12-23-62(66(49)68)73(64)52-18-6-2-7-19-52)54-33-25-46(26-34-54)47-27-35-55(36-28-47)72(56-37-29-48(30-38-56)59-22-10-11-45-70-59)61-42-44-65-69-58(61)40-32-50-15-13-24-63(67(50)69)74(65)53-20-8-3-9-21-53/h1-45H/i1D,4D,5D,16D,17D. The molecule has 5 heteroatoms. The molecule has 0 aliphatic carbocycles. The van der Waals surface area contributed by atoms with Gasteiger partial charge in [-0.3, -0.25) is 4.98 Å². The van der Waals surface area contributed by atoms with Gasteiger partial charge in [0, 0.05) is 78.2 Å². The molecule has 0 fully saturated rings. The van der Waals surface area contributed by atoms with Crippen LogP contribution in [0.1, 0.15) is 6.85 Å². The Morgan fingerprint density at radius 3 is 1.24 bits per heavy atom. The number of para-hydroxylation sites is 3. The number of hydrogen-bond donors (Lipinski definition) is 0. The molecule has 0 saturated carbocycles. The number of anilines is 6. The van der Waals surface area contributed by atoms with Gasteiger partial charge in [-0.25, -0.2) is 0 Å². The Labute approximate surface area is 435 Å². The third-order valence-electron chi connectivity index (χ3n) is 14.8. The van der Waals surface area contributed by atoms with E-state index in [9.17, 15) is 2.74 Å². The van der Waals surface area contributed by atoms with Gasteiger partial charge in [0.25, 0.3) is 0 Å². The highest BCUT2D eigenvalue weighted by Gasteiger charge is 2.24. The van der Waals surface area contributed by atoms with Crippen LogP contribution in [0, 0.1) is 0 Å². The van der Waals surface area contributed by atoms with E-state index in [0.717, 1.165) is 99.8 Å². The highest BCUT2D eigenvalue weighted by Crippen LogP contribution is 2.48. The van der Waals surface area contributed by atoms with Gasteiger partial charge in [-0.1, -0.05) is 146 Å². The van der Waals surface area contributed by atoms with Crippen LogP contribution in [-0.4, -0.2) is 14.1 Å². The van der Waals surface area contributed by atoms with E-state index in [0.29, 0.717) is 11.4 Å². The first kappa shape index (κ1) is 36.9. The Hall–Kier alpha value is -9.97. The Kier molecular flexibility index (Phi) is 8.39. The maximum absolute atomic E-state index is 9.31. The molecule has 0 N–H and O–H groups in total. The third-order valence-corrected chi connectivity index (χ3v) is 14.8. The van der Waals surface area contributed by atoms with Gasteiger partial charge in [0.1, 0.15) is 0 Å². The molecule has 12 aromatic carbocycles. The summed E-state index contributed by atoms with van der Waals surface area (Å²) in [4.78, 5) is 8.81. The minimum absolute atomic E-state index is 0.0748. The van der Waals surface area contributed by atoms with Gasteiger partial charge in [-0.05, 0) is 143 Å². The summed E-state index contributed by atoms with van der Waals surface area (Å²) in [6.07, 6.45) is 1.82. The number of pyridine rings is 1. The lowest BCUT2D eigenvalue weighted by Gasteiger charge is -2.28. The number of hydrogen-bond acceptors (Lipinski definition) is 3. The molecule has 0 atom stereocenters. The van der Waals surface area contributed by atoms with Crippen molar-refractivity contribution in [3.63, 3.8) is 0 Å². The highest BCUT2D eigenvalue weighted by molar-refractivity contribution is 6.28. The van der Waals surface area contributed by atoms with Gasteiger partial charge in [0.2, 0.25) is 0 Å². The fourth-order valence-electron chi connectivity index (χ4n) is 11.5. The molecule has 74 heavy (non-hydrogen) atoms. The molecule has 0 amide bonds. The fourth-order valence-corrected chi connectivity index (χ4v) is 11.5. The van der Waals surface area contributed by atoms with Gasteiger partial charge in [0.15, 0.2) is 0 Å². The largest absolute Gasteiger partial charge is 0.310 e. The highest BCUT2D eigenvalue weighted by atomic mass is 15.2. The second-order valence-corrected chi connectivity index (χ2v) is 18.8. The molecular weight excluding hydrogens is 899 g/mol. The van der Waals surface area contributed by atoms with Crippen LogP contribution < -0.4 is 9.80 Å². The lowest BCUT2D eigenvalue weighted by Crippen LogP contribution is -2.11. The average molecular weight is 949 g/mol. The fraction of sp³-hybridized carbons (Fsp3) is 0. The minimum Gasteiger partial charge on any atom is -0.310 e. The first-order valence-electron chi connectivity index (χ1n) is 27.4. The van der Waals surface area contributed by atoms with E-state index < -0.39 is 18.1 Å². The predicted molar refractivity (Wildman–Crippen MR) is 311 cm³/mol. The van der Waals surface area contributed by atoms with Gasteiger partial charge in [0.05, 0.1) is 46.0 Å². The van der Waals surface area contributed by atoms with Gasteiger partial charge in [-0.15, -0.1) is 0 Å². The van der Waals surface area contributed by atoms with Crippen molar-refractivity contribution in [3.8, 4) is 33.8 Å². The minimum atomic E-state index is -0.439. The van der Waals surface area contributed by atoms with Crippen molar-refractivity contribution in [2.24, 2.45) is 0 Å². The normalized spacial score (nSPS) is 12.7. The van der Waals surface area contributed by atoms with Crippen LogP contribution in [0.15, 0.2) is 273 Å². The van der Waals surface area contributed by atoms with Crippen molar-refractivity contribution >= 4 is 99.3 Å². The molecule has 0 spiro atoms. The molecule has 0 saturated heterocycles. The number of aromatic nitrogens is 3. The van der Waals surface area contributed by atoms with Crippen LogP contribution >= 0.6 is 0 Å². The molecule has 0 unspecified atom stereocenters. The summed E-state index contributed by atoms with van der Waals surface area (Å²) >= 11 is 0. The SMILES string of the molecule is [2H]c1c([2H])c([2H])c(N(c2ccc(-c3ccc(N(c4ccc(-c5ccccn5)cc4)c4ccc5c6c4ccc4cccc(c46)n5-c4ccccc4)cc3)cc2)c2ccc3c4c2ccc2cccc(c24)n3-c2ccccc2)c([2H])c1[2H]. The molecule has 0 aliphatic rings. The quantitative estimate of drug-likeness (QED) is 0.128. The van der Waals surface area contributed by atoms with Gasteiger partial charge >= 0.3 is 0 Å². The van der Waals surface area contributed by atoms with E-state index in [2.05, 4.69) is 189 Å². The average Bonchev–Trinajstić information content (AvgIpc) is 3.55. The summed E-state index contributed by atoms with van der Waals surface area (Å²) in [6, 6.07) is 80.5. The van der Waals surface area contributed by atoms with Crippen molar-refractivity contribution in [2.75, 3.05) is 9.80 Å². The molecule has 0 bridgehead atoms. The van der Waals surface area contributed by atoms with Crippen molar-refractivity contribution < 1.29 is 6.85 Å². The molecular formula is C69H45N5. The van der Waals surface area contributed by atoms with E-state index >= 15 is 0 Å². The van der Waals surface area contributed by atoms with Crippen LogP contribution in [0.5, 0.6) is 0 Å². The van der Waals surface area contributed by atoms with Crippen molar-refractivity contribution in [2.45, 2.75) is 0 Å². The molecule has 3 aromatic heterocycles.